The molecule has 6 nitrogen and oxygen atoms in total. The lowest BCUT2D eigenvalue weighted by Crippen LogP contribution is -2.18. The third-order valence-electron chi connectivity index (χ3n) is 3.39. The molecule has 0 unspecified atom stereocenters. The summed E-state index contributed by atoms with van der Waals surface area (Å²) in [5.74, 6) is -0.309. The van der Waals surface area contributed by atoms with Gasteiger partial charge in [0.15, 0.2) is 0 Å². The van der Waals surface area contributed by atoms with Gasteiger partial charge >= 0.3 is 0 Å². The van der Waals surface area contributed by atoms with Crippen LogP contribution in [0.4, 0.5) is 5.69 Å². The Balaban J connectivity index is 2.43. The molecule has 0 saturated carbocycles. The van der Waals surface area contributed by atoms with E-state index in [1.807, 2.05) is 6.92 Å². The molecule has 3 N–H and O–H groups in total. The smallest absolute Gasteiger partial charge is 0.272 e. The van der Waals surface area contributed by atoms with Crippen LogP contribution in [0.5, 0.6) is 0 Å². The second kappa shape index (κ2) is 5.34. The Morgan fingerprint density at radius 1 is 1.29 bits per heavy atom. The third-order valence-corrected chi connectivity index (χ3v) is 4.29. The topological polar surface area (TPSA) is 94.2 Å². The molecule has 0 spiro atoms. The number of anilines is 1. The molecule has 7 heteroatoms. The summed E-state index contributed by atoms with van der Waals surface area (Å²) < 4.78 is 24.6. The van der Waals surface area contributed by atoms with E-state index in [2.05, 4.69) is 5.32 Å². The van der Waals surface area contributed by atoms with Gasteiger partial charge in [-0.25, -0.2) is 13.6 Å². The highest BCUT2D eigenvalue weighted by atomic mass is 32.2. The molecule has 1 heterocycles. The molecule has 0 aliphatic carbocycles. The van der Waals surface area contributed by atoms with Gasteiger partial charge in [0.05, 0.1) is 4.90 Å². The second-order valence-corrected chi connectivity index (χ2v) is 6.48. The normalized spacial score (nSPS) is 11.4. The number of benzene rings is 1. The summed E-state index contributed by atoms with van der Waals surface area (Å²) in [4.78, 5) is 12.2. The van der Waals surface area contributed by atoms with E-state index >= 15 is 0 Å². The summed E-state index contributed by atoms with van der Waals surface area (Å²) in [6.07, 6.45) is 1.76. The Bertz CT molecular complexity index is 807. The van der Waals surface area contributed by atoms with E-state index in [1.165, 1.54) is 12.1 Å². The zero-order valence-electron chi connectivity index (χ0n) is 12.0. The van der Waals surface area contributed by atoms with Crippen LogP contribution in [0.1, 0.15) is 21.6 Å². The lowest BCUT2D eigenvalue weighted by Gasteiger charge is -2.13. The summed E-state index contributed by atoms with van der Waals surface area (Å²) in [5.41, 5.74) is 2.45. The highest BCUT2D eigenvalue weighted by Gasteiger charge is 2.15. The van der Waals surface area contributed by atoms with E-state index < -0.39 is 10.0 Å². The third kappa shape index (κ3) is 3.14. The molecule has 0 aliphatic heterocycles. The first-order valence-corrected chi connectivity index (χ1v) is 7.81. The van der Waals surface area contributed by atoms with Crippen molar-refractivity contribution in [2.45, 2.75) is 18.7 Å². The maximum atomic E-state index is 12.2. The van der Waals surface area contributed by atoms with Gasteiger partial charge in [-0.15, -0.1) is 0 Å². The van der Waals surface area contributed by atoms with Gasteiger partial charge in [0.2, 0.25) is 10.0 Å². The first-order chi connectivity index (χ1) is 9.70. The summed E-state index contributed by atoms with van der Waals surface area (Å²) in [5, 5.41) is 7.88. The molecule has 0 radical (unpaired) electrons. The number of primary sulfonamides is 1. The number of rotatable bonds is 3. The number of carbonyl (C=O) groups is 1. The molecular weight excluding hydrogens is 290 g/mol. The SMILES string of the molecule is Cc1cc(S(N)(=O)=O)cc(NC(=O)c2cccn2C)c1C. The fourth-order valence-electron chi connectivity index (χ4n) is 2.00. The van der Waals surface area contributed by atoms with E-state index in [1.54, 1.807) is 36.9 Å². The molecule has 1 aromatic carbocycles. The van der Waals surface area contributed by atoms with Crippen molar-refractivity contribution >= 4 is 21.6 Å². The number of aromatic nitrogens is 1. The van der Waals surface area contributed by atoms with Crippen molar-refractivity contribution in [1.82, 2.24) is 4.57 Å². The van der Waals surface area contributed by atoms with Crippen LogP contribution in [-0.4, -0.2) is 18.9 Å². The van der Waals surface area contributed by atoms with Crippen LogP contribution in [0.2, 0.25) is 0 Å². The molecule has 0 atom stereocenters. The Kier molecular flexibility index (Phi) is 3.89. The number of amides is 1. The van der Waals surface area contributed by atoms with Crippen molar-refractivity contribution in [3.05, 3.63) is 47.3 Å². The highest BCUT2D eigenvalue weighted by Crippen LogP contribution is 2.24. The largest absolute Gasteiger partial charge is 0.347 e. The van der Waals surface area contributed by atoms with Crippen LogP contribution in [0.3, 0.4) is 0 Å². The Hall–Kier alpha value is -2.12. The maximum Gasteiger partial charge on any atom is 0.272 e. The van der Waals surface area contributed by atoms with Crippen molar-refractivity contribution < 1.29 is 13.2 Å². The molecule has 0 bridgehead atoms. The van der Waals surface area contributed by atoms with Crippen molar-refractivity contribution in [3.63, 3.8) is 0 Å². The molecule has 1 amide bonds. The summed E-state index contributed by atoms with van der Waals surface area (Å²) in [6.45, 7) is 3.57. The molecule has 0 saturated heterocycles. The molecule has 112 valence electrons. The summed E-state index contributed by atoms with van der Waals surface area (Å²) in [7, 11) is -2.06. The van der Waals surface area contributed by atoms with Crippen LogP contribution in [0, 0.1) is 13.8 Å². The number of hydrogen-bond acceptors (Lipinski definition) is 3. The average molecular weight is 307 g/mol. The number of nitrogens with zero attached hydrogens (tertiary/aromatic N) is 1. The van der Waals surface area contributed by atoms with E-state index in [9.17, 15) is 13.2 Å². The molecule has 0 fully saturated rings. The Morgan fingerprint density at radius 2 is 1.95 bits per heavy atom. The number of carbonyl (C=O) groups excluding carboxylic acids is 1. The fourth-order valence-corrected chi connectivity index (χ4v) is 2.63. The van der Waals surface area contributed by atoms with Crippen LogP contribution in [0.25, 0.3) is 0 Å². The van der Waals surface area contributed by atoms with Crippen molar-refractivity contribution in [3.8, 4) is 0 Å². The van der Waals surface area contributed by atoms with Gasteiger partial charge in [0, 0.05) is 18.9 Å². The maximum absolute atomic E-state index is 12.2. The van der Waals surface area contributed by atoms with Crippen LogP contribution in [-0.2, 0) is 17.1 Å². The predicted octanol–water partition coefficient (Wildman–Crippen LogP) is 1.54. The zero-order chi connectivity index (χ0) is 15.8. The predicted molar refractivity (Wildman–Crippen MR) is 80.7 cm³/mol. The Morgan fingerprint density at radius 3 is 2.48 bits per heavy atom. The van der Waals surface area contributed by atoms with Crippen molar-refractivity contribution in [1.29, 1.82) is 0 Å². The second-order valence-electron chi connectivity index (χ2n) is 4.92. The highest BCUT2D eigenvalue weighted by molar-refractivity contribution is 7.89. The van der Waals surface area contributed by atoms with Gasteiger partial charge in [0.25, 0.3) is 5.91 Å². The molecule has 0 aliphatic rings. The van der Waals surface area contributed by atoms with Crippen molar-refractivity contribution in [2.75, 3.05) is 5.32 Å². The minimum absolute atomic E-state index is 0.0206. The summed E-state index contributed by atoms with van der Waals surface area (Å²) >= 11 is 0. The Labute approximate surface area is 123 Å². The van der Waals surface area contributed by atoms with Gasteiger partial charge in [-0.05, 0) is 49.2 Å². The van der Waals surface area contributed by atoms with E-state index in [-0.39, 0.29) is 10.8 Å². The van der Waals surface area contributed by atoms with Gasteiger partial charge in [0.1, 0.15) is 5.69 Å². The quantitative estimate of drug-likeness (QED) is 0.900. The molecule has 2 rings (SSSR count). The van der Waals surface area contributed by atoms with Crippen LogP contribution >= 0.6 is 0 Å². The van der Waals surface area contributed by atoms with Crippen molar-refractivity contribution in [2.24, 2.45) is 12.2 Å². The molecule has 2 aromatic rings. The fraction of sp³-hybridized carbons (Fsp3) is 0.214. The number of nitrogens with two attached hydrogens (primary N) is 1. The lowest BCUT2D eigenvalue weighted by atomic mass is 10.1. The van der Waals surface area contributed by atoms with E-state index in [4.69, 9.17) is 5.14 Å². The minimum atomic E-state index is -3.82. The number of nitrogens with one attached hydrogen (secondary N) is 1. The first kappa shape index (κ1) is 15.3. The lowest BCUT2D eigenvalue weighted by molar-refractivity contribution is 0.101. The molecular formula is C14H17N3O3S. The van der Waals surface area contributed by atoms with Gasteiger partial charge < -0.3 is 9.88 Å². The van der Waals surface area contributed by atoms with Gasteiger partial charge in [-0.3, -0.25) is 4.79 Å². The molecule has 21 heavy (non-hydrogen) atoms. The van der Waals surface area contributed by atoms with Crippen LogP contribution < -0.4 is 10.5 Å². The number of hydrogen-bond donors (Lipinski definition) is 2. The summed E-state index contributed by atoms with van der Waals surface area (Å²) in [6, 6.07) is 6.30. The average Bonchev–Trinajstić information content (AvgIpc) is 2.79. The van der Waals surface area contributed by atoms with Crippen LogP contribution in [0.15, 0.2) is 35.4 Å². The van der Waals surface area contributed by atoms with E-state index in [0.29, 0.717) is 11.4 Å². The number of aryl methyl sites for hydroxylation is 2. The van der Waals surface area contributed by atoms with Gasteiger partial charge in [-0.1, -0.05) is 0 Å². The monoisotopic (exact) mass is 307 g/mol. The number of sulfonamides is 1. The van der Waals surface area contributed by atoms with E-state index in [0.717, 1.165) is 11.1 Å². The minimum Gasteiger partial charge on any atom is -0.347 e. The van der Waals surface area contributed by atoms with Gasteiger partial charge in [-0.2, -0.15) is 0 Å². The molecule has 1 aromatic heterocycles. The zero-order valence-corrected chi connectivity index (χ0v) is 12.9. The standard InChI is InChI=1S/C14H17N3O3S/c1-9-7-11(21(15,19)20)8-12(10(9)2)16-14(18)13-5-4-6-17(13)3/h4-8H,1-3H3,(H,16,18)(H2,15,19,20). The first-order valence-electron chi connectivity index (χ1n) is 6.27.